The van der Waals surface area contributed by atoms with E-state index in [1.165, 1.54) is 18.9 Å². The molecule has 2 atom stereocenters. The van der Waals surface area contributed by atoms with E-state index in [2.05, 4.69) is 44.4 Å². The Balaban J connectivity index is 1.26. The van der Waals surface area contributed by atoms with Crippen LogP contribution < -0.4 is 20.4 Å². The second-order valence-corrected chi connectivity index (χ2v) is 11.0. The smallest absolute Gasteiger partial charge is 0.246 e. The van der Waals surface area contributed by atoms with Crippen LogP contribution in [0.5, 0.6) is 0 Å². The van der Waals surface area contributed by atoms with Gasteiger partial charge in [-0.1, -0.05) is 12.8 Å². The third kappa shape index (κ3) is 3.97. The lowest BCUT2D eigenvalue weighted by Gasteiger charge is -2.47. The minimum Gasteiger partial charge on any atom is -0.368 e. The molecule has 0 bridgehead atoms. The first-order chi connectivity index (χ1) is 17.4. The molecule has 1 spiro atoms. The summed E-state index contributed by atoms with van der Waals surface area (Å²) in [7, 11) is 4.15. The Morgan fingerprint density at radius 3 is 2.72 bits per heavy atom. The van der Waals surface area contributed by atoms with E-state index in [4.69, 9.17) is 4.98 Å². The first kappa shape index (κ1) is 23.5. The van der Waals surface area contributed by atoms with E-state index < -0.39 is 5.54 Å². The number of benzene rings is 1. The van der Waals surface area contributed by atoms with Crippen molar-refractivity contribution in [1.29, 1.82) is 0 Å². The van der Waals surface area contributed by atoms with Crippen molar-refractivity contribution < 1.29 is 9.18 Å². The second-order valence-electron chi connectivity index (χ2n) is 11.0. The number of anilines is 4. The maximum Gasteiger partial charge on any atom is 0.246 e. The Kier molecular flexibility index (Phi) is 5.98. The molecule has 1 amide bonds. The van der Waals surface area contributed by atoms with Crippen LogP contribution in [0, 0.1) is 5.82 Å². The van der Waals surface area contributed by atoms with Crippen molar-refractivity contribution >= 4 is 29.0 Å². The van der Waals surface area contributed by atoms with Gasteiger partial charge in [-0.25, -0.2) is 9.37 Å². The van der Waals surface area contributed by atoms with Gasteiger partial charge in [-0.2, -0.15) is 4.98 Å². The Hall–Kier alpha value is -2.94. The highest BCUT2D eigenvalue weighted by molar-refractivity contribution is 5.93. The van der Waals surface area contributed by atoms with Crippen LogP contribution in [0.1, 0.15) is 50.5 Å². The summed E-state index contributed by atoms with van der Waals surface area (Å²) in [6, 6.07) is 6.03. The van der Waals surface area contributed by atoms with Gasteiger partial charge in [-0.3, -0.25) is 4.79 Å². The highest BCUT2D eigenvalue weighted by Gasteiger charge is 2.52. The maximum absolute atomic E-state index is 15.1. The molecule has 3 fully saturated rings. The summed E-state index contributed by atoms with van der Waals surface area (Å²) in [5, 5.41) is 6.30. The van der Waals surface area contributed by atoms with Gasteiger partial charge in [0.1, 0.15) is 17.2 Å². The van der Waals surface area contributed by atoms with Crippen LogP contribution in [0.15, 0.2) is 24.4 Å². The van der Waals surface area contributed by atoms with Crippen LogP contribution in [0.3, 0.4) is 0 Å². The SMILES string of the molecule is CN(C)[C@H]1CCN(c2ccc(Nc3ncc4c(n3)N(C3CCCC3)C3(CCNC3=O)CC4)cc2F)C1. The number of likely N-dealkylation sites (N-methyl/N-ethyl adjacent to an activating group) is 1. The summed E-state index contributed by atoms with van der Waals surface area (Å²) in [5.74, 6) is 1.19. The number of carbonyl (C=O) groups is 1. The van der Waals surface area contributed by atoms with Crippen molar-refractivity contribution in [3.63, 3.8) is 0 Å². The molecular weight excluding hydrogens is 457 g/mol. The molecule has 4 heterocycles. The van der Waals surface area contributed by atoms with E-state index in [9.17, 15) is 4.79 Å². The van der Waals surface area contributed by atoms with Crippen LogP contribution in [0.2, 0.25) is 0 Å². The summed E-state index contributed by atoms with van der Waals surface area (Å²) < 4.78 is 15.1. The average molecular weight is 494 g/mol. The molecule has 9 heteroatoms. The fourth-order valence-electron chi connectivity index (χ4n) is 6.67. The minimum absolute atomic E-state index is 0.129. The van der Waals surface area contributed by atoms with Crippen molar-refractivity contribution in [2.75, 3.05) is 48.8 Å². The lowest BCUT2D eigenvalue weighted by atomic mass is 9.82. The largest absolute Gasteiger partial charge is 0.368 e. The van der Waals surface area contributed by atoms with Crippen LogP contribution in [0.25, 0.3) is 0 Å². The van der Waals surface area contributed by atoms with Crippen molar-refractivity contribution in [2.45, 2.75) is 69.0 Å². The van der Waals surface area contributed by atoms with Gasteiger partial charge in [0.2, 0.25) is 11.9 Å². The summed E-state index contributed by atoms with van der Waals surface area (Å²) in [6.07, 6.45) is 9.85. The van der Waals surface area contributed by atoms with Crippen LogP contribution >= 0.6 is 0 Å². The van der Waals surface area contributed by atoms with Crippen molar-refractivity contribution in [3.8, 4) is 0 Å². The van der Waals surface area contributed by atoms with E-state index >= 15 is 4.39 Å². The second kappa shape index (κ2) is 9.18. The number of nitrogens with one attached hydrogen (secondary N) is 2. The molecule has 1 saturated carbocycles. The first-order valence-corrected chi connectivity index (χ1v) is 13.4. The van der Waals surface area contributed by atoms with Gasteiger partial charge in [-0.15, -0.1) is 0 Å². The number of fused-ring (bicyclic) bond motifs is 1. The van der Waals surface area contributed by atoms with Gasteiger partial charge in [0.25, 0.3) is 0 Å². The van der Waals surface area contributed by atoms with Gasteiger partial charge < -0.3 is 25.3 Å². The highest BCUT2D eigenvalue weighted by Crippen LogP contribution is 2.44. The predicted molar refractivity (Wildman–Crippen MR) is 139 cm³/mol. The standard InChI is InChI=1S/C27H36FN7O/c1-33(2)21-10-14-34(17-21)23-8-7-19(15-22(23)28)31-26-30-16-18-9-11-27(12-13-29-25(27)36)35(24(18)32-26)20-5-3-4-6-20/h7-8,15-16,20-21H,3-6,9-14,17H2,1-2H3,(H,29,36)(H,30,31,32)/t21-,27?/m0/s1. The number of aromatic nitrogens is 2. The monoisotopic (exact) mass is 493 g/mol. The zero-order chi connectivity index (χ0) is 24.9. The molecule has 192 valence electrons. The van der Waals surface area contributed by atoms with E-state index in [0.717, 1.165) is 63.0 Å². The van der Waals surface area contributed by atoms with Gasteiger partial charge in [0.15, 0.2) is 0 Å². The van der Waals surface area contributed by atoms with Crippen molar-refractivity contribution in [2.24, 2.45) is 0 Å². The molecular formula is C27H36FN7O. The fourth-order valence-corrected chi connectivity index (χ4v) is 6.67. The van der Waals surface area contributed by atoms with Crippen LogP contribution in [-0.2, 0) is 11.2 Å². The van der Waals surface area contributed by atoms with Gasteiger partial charge >= 0.3 is 0 Å². The average Bonchev–Trinajstić information content (AvgIpc) is 3.62. The number of amides is 1. The number of rotatable bonds is 5. The predicted octanol–water partition coefficient (Wildman–Crippen LogP) is 3.45. The number of hydrogen-bond acceptors (Lipinski definition) is 7. The Labute approximate surface area is 212 Å². The Morgan fingerprint density at radius 2 is 2.03 bits per heavy atom. The first-order valence-electron chi connectivity index (χ1n) is 13.4. The number of nitrogens with zero attached hydrogens (tertiary/aromatic N) is 5. The Bertz CT molecular complexity index is 1150. The molecule has 4 aliphatic rings. The lowest BCUT2D eigenvalue weighted by Crippen LogP contribution is -2.60. The number of halogens is 1. The van der Waals surface area contributed by atoms with E-state index in [1.54, 1.807) is 0 Å². The summed E-state index contributed by atoms with van der Waals surface area (Å²) in [4.78, 5) is 29.2. The topological polar surface area (TPSA) is 76.6 Å². The molecule has 1 aliphatic carbocycles. The zero-order valence-corrected chi connectivity index (χ0v) is 21.3. The molecule has 1 aromatic heterocycles. The van der Waals surface area contributed by atoms with Gasteiger partial charge in [-0.05, 0) is 70.8 Å². The molecule has 2 aromatic rings. The number of hydrogen-bond donors (Lipinski definition) is 2. The molecule has 1 unspecified atom stereocenters. The normalized spacial score (nSPS) is 26.2. The molecule has 6 rings (SSSR count). The minimum atomic E-state index is -0.512. The molecule has 2 N–H and O–H groups in total. The van der Waals surface area contributed by atoms with Crippen molar-refractivity contribution in [1.82, 2.24) is 20.2 Å². The fraction of sp³-hybridized carbons (Fsp3) is 0.593. The molecule has 2 saturated heterocycles. The van der Waals surface area contributed by atoms with E-state index in [1.807, 2.05) is 18.3 Å². The molecule has 1 aromatic carbocycles. The van der Waals surface area contributed by atoms with E-state index in [-0.39, 0.29) is 11.7 Å². The maximum atomic E-state index is 15.1. The van der Waals surface area contributed by atoms with Crippen LogP contribution in [0.4, 0.5) is 27.5 Å². The lowest BCUT2D eigenvalue weighted by molar-refractivity contribution is -0.124. The summed E-state index contributed by atoms with van der Waals surface area (Å²) >= 11 is 0. The third-order valence-electron chi connectivity index (χ3n) is 8.71. The summed E-state index contributed by atoms with van der Waals surface area (Å²) in [5.41, 5.74) is 1.83. The number of carbonyl (C=O) groups excluding carboxylic acids is 1. The van der Waals surface area contributed by atoms with E-state index in [0.29, 0.717) is 36.0 Å². The van der Waals surface area contributed by atoms with Gasteiger partial charge in [0, 0.05) is 49.2 Å². The quantitative estimate of drug-likeness (QED) is 0.661. The highest BCUT2D eigenvalue weighted by atomic mass is 19.1. The molecule has 3 aliphatic heterocycles. The Morgan fingerprint density at radius 1 is 1.19 bits per heavy atom. The molecule has 36 heavy (non-hydrogen) atoms. The molecule has 0 radical (unpaired) electrons. The third-order valence-corrected chi connectivity index (χ3v) is 8.71. The molecule has 8 nitrogen and oxygen atoms in total. The summed E-state index contributed by atoms with van der Waals surface area (Å²) in [6.45, 7) is 2.40. The van der Waals surface area contributed by atoms with Gasteiger partial charge in [0.05, 0.1) is 5.69 Å². The van der Waals surface area contributed by atoms with Crippen LogP contribution in [-0.4, -0.2) is 72.1 Å². The zero-order valence-electron chi connectivity index (χ0n) is 21.3. The van der Waals surface area contributed by atoms with Crippen molar-refractivity contribution in [3.05, 3.63) is 35.8 Å². The number of aryl methyl sites for hydroxylation is 1.